The van der Waals surface area contributed by atoms with E-state index in [2.05, 4.69) is 29.0 Å². The molecule has 0 saturated carbocycles. The maximum Gasteiger partial charge on any atom is 0.338 e. The molecule has 0 spiro atoms. The molecule has 0 unspecified atom stereocenters. The van der Waals surface area contributed by atoms with Gasteiger partial charge in [-0.15, -0.1) is 0 Å². The van der Waals surface area contributed by atoms with Crippen LogP contribution in [0.2, 0.25) is 5.02 Å². The van der Waals surface area contributed by atoms with Crippen molar-refractivity contribution in [1.82, 2.24) is 14.3 Å². The summed E-state index contributed by atoms with van der Waals surface area (Å²) in [6.45, 7) is 8.97. The van der Waals surface area contributed by atoms with E-state index in [1.165, 1.54) is 0 Å². The van der Waals surface area contributed by atoms with Crippen LogP contribution >= 0.6 is 11.6 Å². The molecule has 0 radical (unpaired) electrons. The number of benzene rings is 1. The number of fused-ring (bicyclic) bond motifs is 1. The number of amides is 1. The lowest BCUT2D eigenvalue weighted by atomic mass is 10.2. The van der Waals surface area contributed by atoms with Crippen molar-refractivity contribution < 1.29 is 14.3 Å². The molecule has 0 atom stereocenters. The minimum Gasteiger partial charge on any atom is -0.461 e. The molecule has 1 N–H and O–H groups in total. The lowest BCUT2D eigenvalue weighted by molar-refractivity contribution is 0.0466. The molecule has 0 saturated heterocycles. The fourth-order valence-corrected chi connectivity index (χ4v) is 3.49. The molecule has 0 aliphatic rings. The number of esters is 1. The zero-order chi connectivity index (χ0) is 22.4. The number of aromatic nitrogens is 2. The first-order valence-electron chi connectivity index (χ1n) is 10.4. The molecule has 0 aliphatic carbocycles. The van der Waals surface area contributed by atoms with Crippen molar-refractivity contribution in [2.45, 2.75) is 27.2 Å². The minimum atomic E-state index is -0.380. The highest BCUT2D eigenvalue weighted by Gasteiger charge is 2.19. The van der Waals surface area contributed by atoms with Gasteiger partial charge in [0.25, 0.3) is 5.91 Å². The van der Waals surface area contributed by atoms with Crippen LogP contribution in [0.3, 0.4) is 0 Å². The molecule has 31 heavy (non-hydrogen) atoms. The van der Waals surface area contributed by atoms with E-state index >= 15 is 0 Å². The van der Waals surface area contributed by atoms with Crippen LogP contribution in [-0.4, -0.2) is 52.4 Å². The lowest BCUT2D eigenvalue weighted by Gasteiger charge is -2.17. The van der Waals surface area contributed by atoms with E-state index in [-0.39, 0.29) is 11.9 Å². The van der Waals surface area contributed by atoms with Gasteiger partial charge in [-0.1, -0.05) is 32.4 Å². The Labute approximate surface area is 187 Å². The summed E-state index contributed by atoms with van der Waals surface area (Å²) in [5, 5.41) is 3.39. The number of ether oxygens (including phenoxy) is 1. The van der Waals surface area contributed by atoms with Gasteiger partial charge in [0, 0.05) is 18.4 Å². The second kappa shape index (κ2) is 10.4. The fourth-order valence-electron chi connectivity index (χ4n) is 3.32. The number of hydrogen-bond donors (Lipinski definition) is 1. The van der Waals surface area contributed by atoms with Crippen LogP contribution in [0.4, 0.5) is 5.69 Å². The van der Waals surface area contributed by atoms with Crippen LogP contribution in [0.1, 0.15) is 47.3 Å². The van der Waals surface area contributed by atoms with Crippen molar-refractivity contribution in [3.05, 3.63) is 64.6 Å². The first kappa shape index (κ1) is 22.8. The number of pyridine rings is 1. The number of carbonyl (C=O) groups is 2. The van der Waals surface area contributed by atoms with Crippen LogP contribution in [-0.2, 0) is 11.2 Å². The number of aryl methyl sites for hydroxylation is 1. The van der Waals surface area contributed by atoms with Gasteiger partial charge in [-0.05, 0) is 55.9 Å². The van der Waals surface area contributed by atoms with E-state index in [4.69, 9.17) is 16.3 Å². The molecule has 0 bridgehead atoms. The summed E-state index contributed by atoms with van der Waals surface area (Å²) in [6.07, 6.45) is 2.29. The smallest absolute Gasteiger partial charge is 0.338 e. The number of halogens is 1. The number of hydrogen-bond acceptors (Lipinski definition) is 5. The molecule has 1 amide bonds. The predicted molar refractivity (Wildman–Crippen MR) is 122 cm³/mol. The Morgan fingerprint density at radius 2 is 1.81 bits per heavy atom. The highest BCUT2D eigenvalue weighted by Crippen LogP contribution is 2.19. The predicted octanol–water partition coefficient (Wildman–Crippen LogP) is 4.30. The number of nitrogens with zero attached hydrogens (tertiary/aromatic N) is 3. The van der Waals surface area contributed by atoms with Crippen molar-refractivity contribution in [3.63, 3.8) is 0 Å². The third-order valence-electron chi connectivity index (χ3n) is 5.12. The molecule has 7 nitrogen and oxygen atoms in total. The van der Waals surface area contributed by atoms with Gasteiger partial charge >= 0.3 is 5.97 Å². The molecule has 3 aromatic rings. The average molecular weight is 443 g/mol. The quantitative estimate of drug-likeness (QED) is 0.500. The number of rotatable bonds is 9. The van der Waals surface area contributed by atoms with Crippen molar-refractivity contribution in [3.8, 4) is 0 Å². The highest BCUT2D eigenvalue weighted by molar-refractivity contribution is 6.30. The lowest BCUT2D eigenvalue weighted by Crippen LogP contribution is -2.27. The number of anilines is 1. The summed E-state index contributed by atoms with van der Waals surface area (Å²) in [5.74, 6) is -0.670. The summed E-state index contributed by atoms with van der Waals surface area (Å²) in [5.41, 5.74) is 2.80. The Balaban J connectivity index is 1.67. The van der Waals surface area contributed by atoms with Crippen molar-refractivity contribution >= 4 is 34.8 Å². The van der Waals surface area contributed by atoms with E-state index in [9.17, 15) is 9.59 Å². The van der Waals surface area contributed by atoms with Crippen LogP contribution in [0.5, 0.6) is 0 Å². The normalized spacial score (nSPS) is 11.1. The first-order chi connectivity index (χ1) is 15.0. The van der Waals surface area contributed by atoms with E-state index in [1.54, 1.807) is 47.0 Å². The molecule has 2 aromatic heterocycles. The summed E-state index contributed by atoms with van der Waals surface area (Å²) in [6, 6.07) is 10.2. The summed E-state index contributed by atoms with van der Waals surface area (Å²) >= 11 is 6.10. The van der Waals surface area contributed by atoms with Crippen LogP contribution in [0.15, 0.2) is 42.6 Å². The largest absolute Gasteiger partial charge is 0.461 e. The van der Waals surface area contributed by atoms with Gasteiger partial charge in [-0.2, -0.15) is 0 Å². The van der Waals surface area contributed by atoms with E-state index in [0.29, 0.717) is 52.9 Å². The Morgan fingerprint density at radius 3 is 2.45 bits per heavy atom. The molecule has 1 aromatic carbocycles. The topological polar surface area (TPSA) is 75.9 Å². The number of likely N-dealkylation sites (N-methyl/N-ethyl adjacent to an activating group) is 1. The molecule has 0 fully saturated rings. The van der Waals surface area contributed by atoms with E-state index in [0.717, 1.165) is 13.1 Å². The molecule has 0 aliphatic heterocycles. The zero-order valence-electron chi connectivity index (χ0n) is 18.0. The Bertz CT molecular complexity index is 1060. The average Bonchev–Trinajstić information content (AvgIpc) is 3.15. The Hall–Kier alpha value is -2.90. The maximum atomic E-state index is 12.9. The van der Waals surface area contributed by atoms with Crippen LogP contribution in [0.25, 0.3) is 5.65 Å². The Morgan fingerprint density at radius 1 is 1.10 bits per heavy atom. The van der Waals surface area contributed by atoms with Crippen molar-refractivity contribution in [1.29, 1.82) is 0 Å². The standard InChI is InChI=1S/C23H27ClN4O3/c1-4-19-21(28-15-17(24)9-12-20(28)26-19)22(29)25-18-10-7-16(8-11-18)23(30)31-14-13-27(5-2)6-3/h7-12,15H,4-6,13-14H2,1-3H3,(H,25,29). The van der Waals surface area contributed by atoms with Gasteiger partial charge in [0.2, 0.25) is 0 Å². The molecule has 8 heteroatoms. The van der Waals surface area contributed by atoms with Gasteiger partial charge in [-0.3, -0.25) is 9.20 Å². The molecule has 3 rings (SSSR count). The van der Waals surface area contributed by atoms with Gasteiger partial charge < -0.3 is 15.0 Å². The van der Waals surface area contributed by atoms with Crippen molar-refractivity contribution in [2.75, 3.05) is 31.6 Å². The monoisotopic (exact) mass is 442 g/mol. The molecule has 164 valence electrons. The van der Waals surface area contributed by atoms with Gasteiger partial charge in [0.15, 0.2) is 0 Å². The summed E-state index contributed by atoms with van der Waals surface area (Å²) < 4.78 is 7.03. The summed E-state index contributed by atoms with van der Waals surface area (Å²) in [7, 11) is 0. The van der Waals surface area contributed by atoms with Gasteiger partial charge in [-0.25, -0.2) is 9.78 Å². The highest BCUT2D eigenvalue weighted by atomic mass is 35.5. The van der Waals surface area contributed by atoms with Crippen molar-refractivity contribution in [2.24, 2.45) is 0 Å². The third kappa shape index (κ3) is 5.42. The summed E-state index contributed by atoms with van der Waals surface area (Å²) in [4.78, 5) is 31.9. The van der Waals surface area contributed by atoms with Gasteiger partial charge in [0.1, 0.15) is 17.9 Å². The van der Waals surface area contributed by atoms with E-state index in [1.807, 2.05) is 6.92 Å². The first-order valence-corrected chi connectivity index (χ1v) is 10.8. The minimum absolute atomic E-state index is 0.291. The second-order valence-electron chi connectivity index (χ2n) is 7.03. The third-order valence-corrected chi connectivity index (χ3v) is 5.34. The zero-order valence-corrected chi connectivity index (χ0v) is 18.8. The second-order valence-corrected chi connectivity index (χ2v) is 7.47. The number of nitrogens with one attached hydrogen (secondary N) is 1. The van der Waals surface area contributed by atoms with Crippen LogP contribution in [0, 0.1) is 0 Å². The maximum absolute atomic E-state index is 12.9. The Kier molecular flexibility index (Phi) is 7.65. The van der Waals surface area contributed by atoms with E-state index < -0.39 is 0 Å². The molecular formula is C23H27ClN4O3. The van der Waals surface area contributed by atoms with Crippen LogP contribution < -0.4 is 5.32 Å². The molecule has 2 heterocycles. The SMILES string of the molecule is CCc1nc2ccc(Cl)cn2c1C(=O)Nc1ccc(C(=O)OCCN(CC)CC)cc1. The number of imidazole rings is 1. The van der Waals surface area contributed by atoms with Gasteiger partial charge in [0.05, 0.1) is 16.3 Å². The molecular weight excluding hydrogens is 416 g/mol. The number of carbonyl (C=O) groups excluding carboxylic acids is 2. The fraction of sp³-hybridized carbons (Fsp3) is 0.348.